The third-order valence-electron chi connectivity index (χ3n) is 10.9. The summed E-state index contributed by atoms with van der Waals surface area (Å²) in [5, 5.41) is 16.8. The summed E-state index contributed by atoms with van der Waals surface area (Å²) in [6.07, 6.45) is 16.4. The first-order valence-electron chi connectivity index (χ1n) is 19.3. The van der Waals surface area contributed by atoms with E-state index in [1.165, 1.54) is 25.7 Å². The molecule has 0 bridgehead atoms. The van der Waals surface area contributed by atoms with Crippen LogP contribution in [0.4, 0.5) is 0 Å². The van der Waals surface area contributed by atoms with Gasteiger partial charge in [0.1, 0.15) is 0 Å². The van der Waals surface area contributed by atoms with Crippen LogP contribution in [0, 0.1) is 29.6 Å². The monoisotopic (exact) mass is 662 g/mol. The van der Waals surface area contributed by atoms with E-state index < -0.39 is 35.8 Å². The minimum atomic E-state index is -0.884. The maximum atomic E-state index is 14.0. The SMILES string of the molecule is CCCCN(CC(O)C(CC1CCCCC1)NC(=O)C1CC(C(N)=O)CC(C(=O)N(CCC)CCC)C1)NC(=O)CC1CCCCC1. The van der Waals surface area contributed by atoms with Gasteiger partial charge in [0.05, 0.1) is 12.1 Å². The van der Waals surface area contributed by atoms with Gasteiger partial charge in [0, 0.05) is 50.4 Å². The van der Waals surface area contributed by atoms with Gasteiger partial charge < -0.3 is 21.1 Å². The van der Waals surface area contributed by atoms with Crippen LogP contribution in [0.2, 0.25) is 0 Å². The molecule has 0 aromatic rings. The van der Waals surface area contributed by atoms with Gasteiger partial charge in [-0.05, 0) is 69.6 Å². The van der Waals surface area contributed by atoms with Crippen LogP contribution < -0.4 is 16.5 Å². The van der Waals surface area contributed by atoms with Crippen molar-refractivity contribution in [2.75, 3.05) is 26.2 Å². The lowest BCUT2D eigenvalue weighted by molar-refractivity contribution is -0.141. The highest BCUT2D eigenvalue weighted by Crippen LogP contribution is 2.36. The van der Waals surface area contributed by atoms with Crippen molar-refractivity contribution in [1.29, 1.82) is 0 Å². The lowest BCUT2D eigenvalue weighted by Gasteiger charge is -2.37. The summed E-state index contributed by atoms with van der Waals surface area (Å²) in [6.45, 7) is 8.37. The molecule has 0 aromatic carbocycles. The van der Waals surface area contributed by atoms with Crippen molar-refractivity contribution in [2.24, 2.45) is 35.3 Å². The molecule has 3 saturated carbocycles. The lowest BCUT2D eigenvalue weighted by Crippen LogP contribution is -2.55. The highest BCUT2D eigenvalue weighted by Gasteiger charge is 2.40. The zero-order valence-corrected chi connectivity index (χ0v) is 29.9. The van der Waals surface area contributed by atoms with Crippen LogP contribution in [-0.4, -0.2) is 77.0 Å². The molecule has 3 rings (SSSR count). The molecule has 47 heavy (non-hydrogen) atoms. The minimum absolute atomic E-state index is 0.00340. The molecular weight excluding hydrogens is 594 g/mol. The third-order valence-corrected chi connectivity index (χ3v) is 10.9. The van der Waals surface area contributed by atoms with Gasteiger partial charge in [0.2, 0.25) is 23.6 Å². The van der Waals surface area contributed by atoms with Crippen molar-refractivity contribution in [3.8, 4) is 0 Å². The second kappa shape index (κ2) is 21.0. The number of unbranched alkanes of at least 4 members (excludes halogenated alkanes) is 1. The number of hydrogen-bond donors (Lipinski definition) is 4. The fraction of sp³-hybridized carbons (Fsp3) is 0.892. The average Bonchev–Trinajstić information content (AvgIpc) is 3.07. The molecule has 3 aliphatic rings. The van der Waals surface area contributed by atoms with Crippen molar-refractivity contribution < 1.29 is 24.3 Å². The minimum Gasteiger partial charge on any atom is -0.390 e. The molecule has 5 atom stereocenters. The Hall–Kier alpha value is -2.20. The van der Waals surface area contributed by atoms with Gasteiger partial charge in [-0.15, -0.1) is 0 Å². The van der Waals surface area contributed by atoms with E-state index in [0.717, 1.165) is 64.2 Å². The van der Waals surface area contributed by atoms with Crippen LogP contribution in [-0.2, 0) is 19.2 Å². The molecule has 10 heteroatoms. The van der Waals surface area contributed by atoms with Gasteiger partial charge >= 0.3 is 0 Å². The molecule has 0 aliphatic heterocycles. The van der Waals surface area contributed by atoms with E-state index >= 15 is 0 Å². The summed E-state index contributed by atoms with van der Waals surface area (Å²) in [5.74, 6) is -1.34. The molecule has 3 fully saturated rings. The van der Waals surface area contributed by atoms with Crippen LogP contribution >= 0.6 is 0 Å². The number of nitrogens with one attached hydrogen (secondary N) is 2. The molecule has 5 unspecified atom stereocenters. The first kappa shape index (κ1) is 39.2. The normalized spacial score (nSPS) is 24.0. The summed E-state index contributed by atoms with van der Waals surface area (Å²) in [5.41, 5.74) is 8.88. The zero-order valence-electron chi connectivity index (χ0n) is 29.9. The van der Waals surface area contributed by atoms with E-state index in [1.807, 2.05) is 23.8 Å². The van der Waals surface area contributed by atoms with Crippen molar-refractivity contribution in [3.05, 3.63) is 0 Å². The number of nitrogens with two attached hydrogens (primary N) is 1. The standard InChI is InChI=1S/C37H67N5O5/c1-4-7-20-42(40-34(44)22-28-16-12-9-13-17-28)26-33(43)32(21-27-14-10-8-11-15-27)39-36(46)30-23-29(35(38)45)24-31(25-30)37(47)41(18-5-2)19-6-3/h27-33,43H,4-26H2,1-3H3,(H2,38,45)(H,39,46)(H,40,44). The fourth-order valence-corrected chi connectivity index (χ4v) is 8.26. The topological polar surface area (TPSA) is 145 Å². The Morgan fingerprint density at radius 1 is 0.766 bits per heavy atom. The number of rotatable bonds is 19. The Labute approximate surface area is 284 Å². The molecule has 0 heterocycles. The zero-order chi connectivity index (χ0) is 34.2. The molecule has 10 nitrogen and oxygen atoms in total. The van der Waals surface area contributed by atoms with Gasteiger partial charge in [0.25, 0.3) is 0 Å². The van der Waals surface area contributed by atoms with Gasteiger partial charge in [0.15, 0.2) is 0 Å². The molecule has 0 radical (unpaired) electrons. The average molecular weight is 662 g/mol. The van der Waals surface area contributed by atoms with E-state index in [0.29, 0.717) is 63.6 Å². The van der Waals surface area contributed by atoms with Gasteiger partial charge in [-0.2, -0.15) is 0 Å². The number of hydrazine groups is 1. The highest BCUT2D eigenvalue weighted by molar-refractivity contribution is 5.85. The quantitative estimate of drug-likeness (QED) is 0.142. The predicted molar refractivity (Wildman–Crippen MR) is 186 cm³/mol. The summed E-state index contributed by atoms with van der Waals surface area (Å²) >= 11 is 0. The number of nitrogens with zero attached hydrogens (tertiary/aromatic N) is 2. The summed E-state index contributed by atoms with van der Waals surface area (Å²) < 4.78 is 0. The summed E-state index contributed by atoms with van der Waals surface area (Å²) in [7, 11) is 0. The van der Waals surface area contributed by atoms with Crippen molar-refractivity contribution in [3.63, 3.8) is 0 Å². The number of carbonyl (C=O) groups is 4. The number of aliphatic hydroxyl groups excluding tert-OH is 1. The molecule has 0 aromatic heterocycles. The van der Waals surface area contributed by atoms with Crippen molar-refractivity contribution in [1.82, 2.24) is 20.7 Å². The van der Waals surface area contributed by atoms with E-state index in [4.69, 9.17) is 5.73 Å². The second-order valence-electron chi connectivity index (χ2n) is 15.0. The Morgan fingerprint density at radius 3 is 1.91 bits per heavy atom. The van der Waals surface area contributed by atoms with Crippen LogP contribution in [0.25, 0.3) is 0 Å². The number of hydrogen-bond acceptors (Lipinski definition) is 6. The largest absolute Gasteiger partial charge is 0.390 e. The number of aliphatic hydroxyl groups is 1. The molecule has 4 amide bonds. The lowest BCUT2D eigenvalue weighted by atomic mass is 9.73. The number of carbonyl (C=O) groups excluding carboxylic acids is 4. The molecule has 3 aliphatic carbocycles. The van der Waals surface area contributed by atoms with Gasteiger partial charge in [-0.3, -0.25) is 24.6 Å². The first-order chi connectivity index (χ1) is 22.6. The maximum absolute atomic E-state index is 14.0. The first-order valence-corrected chi connectivity index (χ1v) is 19.3. The smallest absolute Gasteiger partial charge is 0.234 e. The van der Waals surface area contributed by atoms with Crippen molar-refractivity contribution >= 4 is 23.6 Å². The number of amides is 4. The van der Waals surface area contributed by atoms with Gasteiger partial charge in [-0.25, -0.2) is 5.01 Å². The molecular formula is C37H67N5O5. The van der Waals surface area contributed by atoms with E-state index in [1.54, 1.807) is 0 Å². The Morgan fingerprint density at radius 2 is 1.34 bits per heavy atom. The van der Waals surface area contributed by atoms with Crippen LogP contribution in [0.5, 0.6) is 0 Å². The van der Waals surface area contributed by atoms with Crippen molar-refractivity contribution in [2.45, 2.75) is 155 Å². The Kier molecular flexibility index (Phi) is 17.5. The second-order valence-corrected chi connectivity index (χ2v) is 15.0. The predicted octanol–water partition coefficient (Wildman–Crippen LogP) is 5.07. The summed E-state index contributed by atoms with van der Waals surface area (Å²) in [6, 6.07) is -0.496. The molecule has 0 saturated heterocycles. The molecule has 270 valence electrons. The van der Waals surface area contributed by atoms with Crippen LogP contribution in [0.3, 0.4) is 0 Å². The molecule has 5 N–H and O–H groups in total. The van der Waals surface area contributed by atoms with Crippen LogP contribution in [0.1, 0.15) is 143 Å². The van der Waals surface area contributed by atoms with E-state index in [2.05, 4.69) is 17.7 Å². The Balaban J connectivity index is 1.73. The number of primary amides is 1. The Bertz CT molecular complexity index is 961. The van der Waals surface area contributed by atoms with Gasteiger partial charge in [-0.1, -0.05) is 78.6 Å². The molecule has 0 spiro atoms. The fourth-order valence-electron chi connectivity index (χ4n) is 8.26. The highest BCUT2D eigenvalue weighted by atomic mass is 16.3. The van der Waals surface area contributed by atoms with E-state index in [9.17, 15) is 24.3 Å². The third kappa shape index (κ3) is 13.3. The van der Waals surface area contributed by atoms with Crippen LogP contribution in [0.15, 0.2) is 0 Å². The maximum Gasteiger partial charge on any atom is 0.234 e. The van der Waals surface area contributed by atoms with E-state index in [-0.39, 0.29) is 24.3 Å². The summed E-state index contributed by atoms with van der Waals surface area (Å²) in [4.78, 5) is 54.9.